The van der Waals surface area contributed by atoms with E-state index in [4.69, 9.17) is 32.7 Å². The number of hydrogen-bond donors (Lipinski definition) is 2. The van der Waals surface area contributed by atoms with Crippen LogP contribution in [0.4, 0.5) is 5.69 Å². The minimum atomic E-state index is -0.594. The van der Waals surface area contributed by atoms with Crippen molar-refractivity contribution in [2.45, 2.75) is 6.42 Å². The largest absolute Gasteiger partial charge is 0.497 e. The summed E-state index contributed by atoms with van der Waals surface area (Å²) in [6.07, 6.45) is 0.959. The summed E-state index contributed by atoms with van der Waals surface area (Å²) in [6, 6.07) is 9.95. The lowest BCUT2D eigenvalue weighted by Crippen LogP contribution is -2.24. The number of hydrogen-bond acceptors (Lipinski definition) is 5. The van der Waals surface area contributed by atoms with E-state index >= 15 is 0 Å². The third-order valence-corrected chi connectivity index (χ3v) is 4.20. The fourth-order valence-electron chi connectivity index (χ4n) is 2.09. The average molecular weight is 410 g/mol. The molecular weight excluding hydrogens is 393 g/mol. The molecule has 2 amide bonds. The van der Waals surface area contributed by atoms with Crippen LogP contribution in [0.2, 0.25) is 10.0 Å². The van der Waals surface area contributed by atoms with Gasteiger partial charge in [-0.3, -0.25) is 9.59 Å². The van der Waals surface area contributed by atoms with Crippen LogP contribution in [0.25, 0.3) is 0 Å². The second kappa shape index (κ2) is 9.80. The number of rotatable bonds is 7. The zero-order valence-corrected chi connectivity index (χ0v) is 16.1. The number of hydrazone groups is 1. The minimum Gasteiger partial charge on any atom is -0.497 e. The predicted octanol–water partition coefficient (Wildman–Crippen LogP) is 3.49. The number of nitrogens with one attached hydrogen (secondary N) is 2. The van der Waals surface area contributed by atoms with E-state index < -0.39 is 18.2 Å². The normalized spacial score (nSPS) is 10.5. The molecule has 0 bridgehead atoms. The van der Waals surface area contributed by atoms with E-state index in [1.165, 1.54) is 20.4 Å². The van der Waals surface area contributed by atoms with Crippen molar-refractivity contribution in [1.29, 1.82) is 0 Å². The molecule has 0 saturated heterocycles. The Morgan fingerprint density at radius 2 is 1.89 bits per heavy atom. The second-order valence-electron chi connectivity index (χ2n) is 5.23. The van der Waals surface area contributed by atoms with Gasteiger partial charge in [-0.1, -0.05) is 29.3 Å². The molecule has 27 heavy (non-hydrogen) atoms. The molecule has 0 aromatic heterocycles. The van der Waals surface area contributed by atoms with Crippen LogP contribution in [-0.2, 0) is 9.59 Å². The molecule has 2 aromatic rings. The Bertz CT molecular complexity index is 872. The van der Waals surface area contributed by atoms with Crippen LogP contribution in [0.1, 0.15) is 12.0 Å². The molecule has 0 saturated carbocycles. The van der Waals surface area contributed by atoms with Gasteiger partial charge >= 0.3 is 0 Å². The number of amides is 2. The zero-order valence-electron chi connectivity index (χ0n) is 14.6. The molecular formula is C18H17Cl2N3O4. The Labute approximate surface area is 166 Å². The van der Waals surface area contributed by atoms with Gasteiger partial charge < -0.3 is 14.8 Å². The van der Waals surface area contributed by atoms with Crippen LogP contribution in [-0.4, -0.2) is 32.2 Å². The zero-order chi connectivity index (χ0) is 19.8. The van der Waals surface area contributed by atoms with Crippen molar-refractivity contribution in [3.05, 3.63) is 52.0 Å². The number of nitrogens with zero attached hydrogens (tertiary/aromatic N) is 1. The lowest BCUT2D eigenvalue weighted by molar-refractivity contribution is -0.126. The SMILES string of the molecule is COc1ccc(OC)c(C=NNC(=O)CC(=O)Nc2cccc(Cl)c2Cl)c1. The molecule has 0 heterocycles. The molecule has 7 nitrogen and oxygen atoms in total. The van der Waals surface area contributed by atoms with E-state index in [1.54, 1.807) is 36.4 Å². The molecule has 0 aliphatic rings. The molecule has 0 aliphatic heterocycles. The minimum absolute atomic E-state index is 0.205. The van der Waals surface area contributed by atoms with Crippen molar-refractivity contribution in [3.63, 3.8) is 0 Å². The van der Waals surface area contributed by atoms with Crippen molar-refractivity contribution < 1.29 is 19.1 Å². The van der Waals surface area contributed by atoms with Gasteiger partial charge in [-0.2, -0.15) is 5.10 Å². The van der Waals surface area contributed by atoms with Gasteiger partial charge in [-0.05, 0) is 30.3 Å². The summed E-state index contributed by atoms with van der Waals surface area (Å²) >= 11 is 11.9. The number of carbonyl (C=O) groups excluding carboxylic acids is 2. The molecule has 0 atom stereocenters. The van der Waals surface area contributed by atoms with Crippen LogP contribution < -0.4 is 20.2 Å². The first-order valence-corrected chi connectivity index (χ1v) is 8.48. The second-order valence-corrected chi connectivity index (χ2v) is 6.01. The molecule has 2 N–H and O–H groups in total. The summed E-state index contributed by atoms with van der Waals surface area (Å²) in [5.74, 6) is 0.0260. The first-order chi connectivity index (χ1) is 12.9. The molecule has 0 fully saturated rings. The van der Waals surface area contributed by atoms with E-state index in [0.29, 0.717) is 27.8 Å². The first-order valence-electron chi connectivity index (χ1n) is 7.72. The van der Waals surface area contributed by atoms with Gasteiger partial charge in [0.2, 0.25) is 11.8 Å². The van der Waals surface area contributed by atoms with E-state index in [-0.39, 0.29) is 5.02 Å². The molecule has 2 aromatic carbocycles. The van der Waals surface area contributed by atoms with E-state index in [0.717, 1.165) is 0 Å². The van der Waals surface area contributed by atoms with Crippen LogP contribution in [0.15, 0.2) is 41.5 Å². The predicted molar refractivity (Wildman–Crippen MR) is 105 cm³/mol. The van der Waals surface area contributed by atoms with Crippen molar-refractivity contribution in [2.75, 3.05) is 19.5 Å². The smallest absolute Gasteiger partial charge is 0.249 e. The van der Waals surface area contributed by atoms with Crippen molar-refractivity contribution >= 4 is 46.9 Å². The molecule has 0 aliphatic carbocycles. The Balaban J connectivity index is 1.93. The summed E-state index contributed by atoms with van der Waals surface area (Å²) in [7, 11) is 3.05. The molecule has 0 radical (unpaired) electrons. The number of anilines is 1. The topological polar surface area (TPSA) is 89.0 Å². The van der Waals surface area contributed by atoms with E-state index in [1.807, 2.05) is 0 Å². The van der Waals surface area contributed by atoms with Crippen LogP contribution in [0.3, 0.4) is 0 Å². The number of methoxy groups -OCH3 is 2. The highest BCUT2D eigenvalue weighted by Gasteiger charge is 2.12. The summed E-state index contributed by atoms with van der Waals surface area (Å²) in [5, 5.41) is 6.86. The first kappa shape index (κ1) is 20.5. The van der Waals surface area contributed by atoms with Crippen molar-refractivity contribution in [3.8, 4) is 11.5 Å². The highest BCUT2D eigenvalue weighted by Crippen LogP contribution is 2.29. The van der Waals surface area contributed by atoms with Crippen LogP contribution in [0, 0.1) is 0 Å². The monoisotopic (exact) mass is 409 g/mol. The fraction of sp³-hybridized carbons (Fsp3) is 0.167. The van der Waals surface area contributed by atoms with Crippen LogP contribution in [0.5, 0.6) is 11.5 Å². The number of halogens is 2. The van der Waals surface area contributed by atoms with Crippen LogP contribution >= 0.6 is 23.2 Å². The highest BCUT2D eigenvalue weighted by atomic mass is 35.5. The van der Waals surface area contributed by atoms with E-state index in [2.05, 4.69) is 15.8 Å². The maximum atomic E-state index is 11.9. The third-order valence-electron chi connectivity index (χ3n) is 3.38. The summed E-state index contributed by atoms with van der Waals surface area (Å²) in [4.78, 5) is 23.8. The molecule has 9 heteroatoms. The lowest BCUT2D eigenvalue weighted by atomic mass is 10.2. The molecule has 0 spiro atoms. The van der Waals surface area contributed by atoms with E-state index in [9.17, 15) is 9.59 Å². The molecule has 0 unspecified atom stereocenters. The van der Waals surface area contributed by atoms with Gasteiger partial charge in [-0.25, -0.2) is 5.43 Å². The summed E-state index contributed by atoms with van der Waals surface area (Å²) < 4.78 is 10.3. The van der Waals surface area contributed by atoms with Crippen molar-refractivity contribution in [2.24, 2.45) is 5.10 Å². The standard InChI is InChI=1S/C18H17Cl2N3O4/c1-26-12-6-7-15(27-2)11(8-12)10-21-23-17(25)9-16(24)22-14-5-3-4-13(19)18(14)20/h3-8,10H,9H2,1-2H3,(H,22,24)(H,23,25). The molecule has 142 valence electrons. The quantitative estimate of drug-likeness (QED) is 0.416. The van der Waals surface area contributed by atoms with Crippen molar-refractivity contribution in [1.82, 2.24) is 5.43 Å². The Kier molecular flexibility index (Phi) is 7.45. The summed E-state index contributed by atoms with van der Waals surface area (Å²) in [5.41, 5.74) is 3.21. The van der Waals surface area contributed by atoms with Gasteiger partial charge in [0.25, 0.3) is 0 Å². The highest BCUT2D eigenvalue weighted by molar-refractivity contribution is 6.44. The third kappa shape index (κ3) is 5.87. The van der Waals surface area contributed by atoms with Gasteiger partial charge in [0.1, 0.15) is 17.9 Å². The number of ether oxygens (including phenoxy) is 2. The van der Waals surface area contributed by atoms with Gasteiger partial charge in [0.05, 0.1) is 36.2 Å². The van der Waals surface area contributed by atoms with Gasteiger partial charge in [0.15, 0.2) is 0 Å². The average Bonchev–Trinajstić information content (AvgIpc) is 2.65. The number of benzene rings is 2. The maximum Gasteiger partial charge on any atom is 0.249 e. The summed E-state index contributed by atoms with van der Waals surface area (Å²) in [6.45, 7) is 0. The lowest BCUT2D eigenvalue weighted by Gasteiger charge is -2.08. The van der Waals surface area contributed by atoms with Gasteiger partial charge in [0, 0.05) is 5.56 Å². The maximum absolute atomic E-state index is 11.9. The number of carbonyl (C=O) groups is 2. The molecule has 2 rings (SSSR count). The Morgan fingerprint density at radius 1 is 1.11 bits per heavy atom. The Morgan fingerprint density at radius 3 is 2.59 bits per heavy atom. The van der Waals surface area contributed by atoms with Gasteiger partial charge in [-0.15, -0.1) is 0 Å². The Hall–Kier alpha value is -2.77. The fourth-order valence-corrected chi connectivity index (χ4v) is 2.44.